The molecule has 0 saturated heterocycles. The molecule has 0 radical (unpaired) electrons. The van der Waals surface area contributed by atoms with Gasteiger partial charge in [0.05, 0.1) is 11.1 Å². The maximum atomic E-state index is 6.92. The van der Waals surface area contributed by atoms with Crippen LogP contribution in [-0.4, -0.2) is 27.6 Å². The van der Waals surface area contributed by atoms with Gasteiger partial charge in [-0.25, -0.2) is 0 Å². The average molecular weight is 416 g/mol. The summed E-state index contributed by atoms with van der Waals surface area (Å²) in [5.74, 6) is 1.68. The van der Waals surface area contributed by atoms with Crippen molar-refractivity contribution in [1.29, 1.82) is 0 Å². The van der Waals surface area contributed by atoms with Gasteiger partial charge in [-0.05, 0) is 23.8 Å². The number of rotatable bonds is 2. The fourth-order valence-corrected chi connectivity index (χ4v) is 4.78. The van der Waals surface area contributed by atoms with Crippen molar-refractivity contribution < 1.29 is 18.6 Å². The van der Waals surface area contributed by atoms with E-state index in [1.54, 1.807) is 0 Å². The van der Waals surface area contributed by atoms with Crippen molar-refractivity contribution in [1.82, 2.24) is 0 Å². The molecule has 0 aliphatic carbocycles. The van der Waals surface area contributed by atoms with Crippen molar-refractivity contribution >= 4 is 23.8 Å². The fourth-order valence-electron chi connectivity index (χ4n) is 4.78. The minimum absolute atomic E-state index is 0.792. The van der Waals surface area contributed by atoms with Crippen LogP contribution in [0.5, 0.6) is 11.5 Å². The van der Waals surface area contributed by atoms with Gasteiger partial charge in [0, 0.05) is 36.2 Å². The van der Waals surface area contributed by atoms with E-state index in [0.29, 0.717) is 0 Å². The lowest BCUT2D eigenvalue weighted by molar-refractivity contribution is -0.855. The quantitative estimate of drug-likeness (QED) is 0.419. The predicted molar refractivity (Wildman–Crippen MR) is 123 cm³/mol. The molecule has 0 amide bonds. The van der Waals surface area contributed by atoms with Crippen LogP contribution in [0.3, 0.4) is 0 Å². The molecule has 0 N–H and O–H groups in total. The second kappa shape index (κ2) is 6.41. The van der Waals surface area contributed by atoms with Gasteiger partial charge in [0.25, 0.3) is 0 Å². The minimum atomic E-state index is -1.23. The van der Waals surface area contributed by atoms with Gasteiger partial charge < -0.3 is 9.47 Å². The van der Waals surface area contributed by atoms with E-state index in [1.807, 2.05) is 36.4 Å². The minimum Gasteiger partial charge on any atom is -0.340 e. The maximum Gasteiger partial charge on any atom is 0.714 e. The van der Waals surface area contributed by atoms with Crippen LogP contribution in [0, 0.1) is 0 Å². The van der Waals surface area contributed by atoms with Crippen molar-refractivity contribution in [2.75, 3.05) is 0 Å². The number of hydrogen-bond donors (Lipinski definition) is 0. The second-order valence-corrected chi connectivity index (χ2v) is 8.31. The Morgan fingerprint density at radius 3 is 2.03 bits per heavy atom. The van der Waals surface area contributed by atoms with Gasteiger partial charge in [0.2, 0.25) is 11.4 Å². The Hall–Kier alpha value is -4.18. The van der Waals surface area contributed by atoms with Crippen LogP contribution in [0.4, 0.5) is 11.4 Å². The molecule has 1 spiro atoms. The molecule has 32 heavy (non-hydrogen) atoms. The van der Waals surface area contributed by atoms with E-state index in [0.717, 1.165) is 46.0 Å². The summed E-state index contributed by atoms with van der Waals surface area (Å²) in [4.78, 5) is 0. The third-order valence-corrected chi connectivity index (χ3v) is 6.29. The Bertz CT molecular complexity index is 1440. The van der Waals surface area contributed by atoms with Crippen LogP contribution < -0.4 is 9.47 Å². The SMILES string of the molecule is C1=[N+](c2ccccc2)[C@@]23Oc4cc(ccc41)Cc1cccc(c1O2)C=[N+]3c1ccccc1. The van der Waals surface area contributed by atoms with Gasteiger partial charge in [0.1, 0.15) is 0 Å². The third kappa shape index (κ3) is 2.44. The first-order valence-corrected chi connectivity index (χ1v) is 10.8. The fraction of sp³-hybridized carbons (Fsp3) is 0.0714. The van der Waals surface area contributed by atoms with E-state index in [2.05, 4.69) is 82.2 Å². The summed E-state index contributed by atoms with van der Waals surface area (Å²) in [5, 5.41) is 0. The van der Waals surface area contributed by atoms with Crippen molar-refractivity contribution in [2.45, 2.75) is 12.5 Å². The lowest BCUT2D eigenvalue weighted by Gasteiger charge is -2.31. The summed E-state index contributed by atoms with van der Waals surface area (Å²) in [6, 6.07) is 32.0. The summed E-state index contributed by atoms with van der Waals surface area (Å²) in [5.41, 5.74) is 6.38. The van der Waals surface area contributed by atoms with E-state index in [4.69, 9.17) is 9.47 Å². The summed E-state index contributed by atoms with van der Waals surface area (Å²) in [6.45, 7) is 0. The first-order valence-electron chi connectivity index (χ1n) is 10.8. The van der Waals surface area contributed by atoms with Gasteiger partial charge in [-0.15, -0.1) is 0 Å². The van der Waals surface area contributed by atoms with Gasteiger partial charge in [-0.1, -0.05) is 63.7 Å². The summed E-state index contributed by atoms with van der Waals surface area (Å²) < 4.78 is 17.9. The van der Waals surface area contributed by atoms with Gasteiger partial charge >= 0.3 is 6.03 Å². The number of nitrogens with zero attached hydrogens (tertiary/aromatic N) is 2. The van der Waals surface area contributed by atoms with E-state index in [1.165, 1.54) is 5.56 Å². The summed E-state index contributed by atoms with van der Waals surface area (Å²) in [7, 11) is 0. The Morgan fingerprint density at radius 1 is 0.625 bits per heavy atom. The highest BCUT2D eigenvalue weighted by Crippen LogP contribution is 2.43. The monoisotopic (exact) mass is 416 g/mol. The van der Waals surface area contributed by atoms with Crippen LogP contribution >= 0.6 is 0 Å². The highest BCUT2D eigenvalue weighted by atomic mass is 16.7. The number of ether oxygens (including phenoxy) is 2. The molecule has 4 bridgehead atoms. The molecule has 4 nitrogen and oxygen atoms in total. The number of hydrogen-bond acceptors (Lipinski definition) is 2. The maximum absolute atomic E-state index is 6.92. The molecule has 0 saturated carbocycles. The van der Waals surface area contributed by atoms with E-state index >= 15 is 0 Å². The second-order valence-electron chi connectivity index (χ2n) is 8.31. The molecule has 0 unspecified atom stereocenters. The average Bonchev–Trinajstić information content (AvgIpc) is 2.86. The van der Waals surface area contributed by atoms with Crippen molar-refractivity contribution in [2.24, 2.45) is 0 Å². The molecule has 152 valence electrons. The zero-order chi connectivity index (χ0) is 21.1. The van der Waals surface area contributed by atoms with Crippen LogP contribution in [0.1, 0.15) is 22.3 Å². The lowest BCUT2D eigenvalue weighted by atomic mass is 10.00. The van der Waals surface area contributed by atoms with Crippen molar-refractivity contribution in [3.8, 4) is 11.5 Å². The van der Waals surface area contributed by atoms with Gasteiger partial charge in [-0.3, -0.25) is 0 Å². The summed E-state index contributed by atoms with van der Waals surface area (Å²) in [6.07, 6.45) is 5.06. The van der Waals surface area contributed by atoms with Crippen molar-refractivity contribution in [3.05, 3.63) is 119 Å². The van der Waals surface area contributed by atoms with Crippen LogP contribution in [0.2, 0.25) is 0 Å². The zero-order valence-corrected chi connectivity index (χ0v) is 17.3. The van der Waals surface area contributed by atoms with Gasteiger partial charge in [0.15, 0.2) is 23.9 Å². The molecule has 3 heterocycles. The molecule has 0 fully saturated rings. The molecule has 4 aromatic rings. The summed E-state index contributed by atoms with van der Waals surface area (Å²) >= 11 is 0. The first-order chi connectivity index (χ1) is 15.8. The molecule has 4 aromatic carbocycles. The molecule has 3 aliphatic heterocycles. The van der Waals surface area contributed by atoms with Crippen molar-refractivity contribution in [3.63, 3.8) is 0 Å². The number of para-hydroxylation sites is 3. The largest absolute Gasteiger partial charge is 0.714 e. The molecule has 3 aliphatic rings. The standard InChI is InChI=1S/C28H20N2O2/c1-3-10-24(11-4-1)29-18-22-15-14-20-16-21-8-7-9-23-19-30(25-12-5-2-6-13-25)28(29,32-27(21)23)31-26(22)17-20/h1-15,17-19H,16H2/q+2/t28-/m1/s1. The Kier molecular flexibility index (Phi) is 3.50. The van der Waals surface area contributed by atoms with E-state index in [-0.39, 0.29) is 0 Å². The molecule has 7 rings (SSSR count). The smallest absolute Gasteiger partial charge is 0.340 e. The molecular formula is C28H20N2O2+2. The van der Waals surface area contributed by atoms with Gasteiger partial charge in [-0.2, -0.15) is 0 Å². The Balaban J connectivity index is 1.61. The molecule has 0 aromatic heterocycles. The Labute approximate surface area is 185 Å². The highest BCUT2D eigenvalue weighted by molar-refractivity contribution is 5.84. The predicted octanol–water partition coefficient (Wildman–Crippen LogP) is 5.21. The normalized spacial score (nSPS) is 19.5. The molecular weight excluding hydrogens is 396 g/mol. The molecule has 4 heteroatoms. The van der Waals surface area contributed by atoms with E-state index < -0.39 is 6.03 Å². The van der Waals surface area contributed by atoms with Crippen LogP contribution in [0.15, 0.2) is 97.1 Å². The van der Waals surface area contributed by atoms with Crippen LogP contribution in [0.25, 0.3) is 0 Å². The third-order valence-electron chi connectivity index (χ3n) is 6.29. The van der Waals surface area contributed by atoms with Crippen LogP contribution in [-0.2, 0) is 6.42 Å². The Morgan fingerprint density at radius 2 is 1.31 bits per heavy atom. The highest BCUT2D eigenvalue weighted by Gasteiger charge is 2.66. The zero-order valence-electron chi connectivity index (χ0n) is 17.3. The lowest BCUT2D eigenvalue weighted by Crippen LogP contribution is -2.61. The number of benzene rings is 4. The molecule has 1 atom stereocenters. The first kappa shape index (κ1) is 17.5. The van der Waals surface area contributed by atoms with E-state index in [9.17, 15) is 0 Å². The topological polar surface area (TPSA) is 24.5 Å². The number of fused-ring (bicyclic) bond motifs is 1.